The van der Waals surface area contributed by atoms with Gasteiger partial charge in [-0.2, -0.15) is 0 Å². The van der Waals surface area contributed by atoms with Gasteiger partial charge in [0.2, 0.25) is 0 Å². The standard InChI is InChI=1S/C14H9Br2FO2/c1-19-13-7-12(17)11(16)6-10(13)14(18)8-2-4-9(15)5-3-8/h2-7H,1H3. The molecular formula is C14H9Br2FO2. The van der Waals surface area contributed by atoms with Crippen molar-refractivity contribution in [1.82, 2.24) is 0 Å². The molecule has 0 N–H and O–H groups in total. The number of carbonyl (C=O) groups is 1. The zero-order chi connectivity index (χ0) is 14.0. The van der Waals surface area contributed by atoms with E-state index in [1.807, 2.05) is 0 Å². The Kier molecular flexibility index (Phi) is 4.37. The molecule has 0 unspecified atom stereocenters. The van der Waals surface area contributed by atoms with Crippen LogP contribution in [0.15, 0.2) is 45.3 Å². The number of ether oxygens (including phenoxy) is 1. The second kappa shape index (κ2) is 5.84. The first kappa shape index (κ1) is 14.2. The van der Waals surface area contributed by atoms with Gasteiger partial charge in [-0.1, -0.05) is 15.9 Å². The lowest BCUT2D eigenvalue weighted by Gasteiger charge is -2.09. The Labute approximate surface area is 126 Å². The molecule has 0 aliphatic heterocycles. The molecule has 2 aromatic rings. The van der Waals surface area contributed by atoms with Crippen molar-refractivity contribution < 1.29 is 13.9 Å². The van der Waals surface area contributed by atoms with Crippen molar-refractivity contribution in [3.05, 3.63) is 62.3 Å². The van der Waals surface area contributed by atoms with Crippen LogP contribution in [0.2, 0.25) is 0 Å². The average Bonchev–Trinajstić information content (AvgIpc) is 2.41. The van der Waals surface area contributed by atoms with E-state index >= 15 is 0 Å². The van der Waals surface area contributed by atoms with Gasteiger partial charge in [-0.25, -0.2) is 4.39 Å². The van der Waals surface area contributed by atoms with Crippen molar-refractivity contribution >= 4 is 37.6 Å². The topological polar surface area (TPSA) is 26.3 Å². The minimum atomic E-state index is -0.468. The molecule has 5 heteroatoms. The van der Waals surface area contributed by atoms with Gasteiger partial charge in [-0.15, -0.1) is 0 Å². The first-order valence-corrected chi connectivity index (χ1v) is 6.95. The Bertz CT molecular complexity index is 624. The van der Waals surface area contributed by atoms with Gasteiger partial charge in [-0.3, -0.25) is 4.79 Å². The molecule has 2 nitrogen and oxygen atoms in total. The number of methoxy groups -OCH3 is 1. The number of hydrogen-bond acceptors (Lipinski definition) is 2. The van der Waals surface area contributed by atoms with Crippen LogP contribution >= 0.6 is 31.9 Å². The van der Waals surface area contributed by atoms with Gasteiger partial charge in [0.25, 0.3) is 0 Å². The maximum Gasteiger partial charge on any atom is 0.196 e. The van der Waals surface area contributed by atoms with Crippen LogP contribution in [-0.2, 0) is 0 Å². The summed E-state index contributed by atoms with van der Waals surface area (Å²) in [5.74, 6) is -0.470. The van der Waals surface area contributed by atoms with Crippen LogP contribution in [0.3, 0.4) is 0 Å². The van der Waals surface area contributed by atoms with Crippen LogP contribution in [0.25, 0.3) is 0 Å². The van der Waals surface area contributed by atoms with Gasteiger partial charge in [0.05, 0.1) is 17.1 Å². The van der Waals surface area contributed by atoms with Gasteiger partial charge >= 0.3 is 0 Å². The molecule has 0 atom stereocenters. The van der Waals surface area contributed by atoms with E-state index in [0.29, 0.717) is 11.1 Å². The second-order valence-corrected chi connectivity index (χ2v) is 5.57. The van der Waals surface area contributed by atoms with Gasteiger partial charge in [0.1, 0.15) is 11.6 Å². The van der Waals surface area contributed by atoms with Crippen molar-refractivity contribution in [2.24, 2.45) is 0 Å². The van der Waals surface area contributed by atoms with E-state index in [4.69, 9.17) is 4.74 Å². The molecule has 0 saturated heterocycles. The van der Waals surface area contributed by atoms with Crippen LogP contribution in [0.4, 0.5) is 4.39 Å². The van der Waals surface area contributed by atoms with E-state index < -0.39 is 5.82 Å². The van der Waals surface area contributed by atoms with Crippen molar-refractivity contribution in [2.45, 2.75) is 0 Å². The van der Waals surface area contributed by atoms with E-state index in [1.54, 1.807) is 24.3 Å². The van der Waals surface area contributed by atoms with Gasteiger partial charge in [0.15, 0.2) is 5.78 Å². The molecule has 0 spiro atoms. The van der Waals surface area contributed by atoms with Gasteiger partial charge < -0.3 is 4.74 Å². The largest absolute Gasteiger partial charge is 0.496 e. The molecule has 0 aliphatic carbocycles. The van der Waals surface area contributed by atoms with E-state index in [9.17, 15) is 9.18 Å². The first-order chi connectivity index (χ1) is 9.02. The predicted octanol–water partition coefficient (Wildman–Crippen LogP) is 4.59. The minimum absolute atomic E-state index is 0.216. The van der Waals surface area contributed by atoms with Gasteiger partial charge in [-0.05, 0) is 46.3 Å². The molecular weight excluding hydrogens is 379 g/mol. The summed E-state index contributed by atoms with van der Waals surface area (Å²) >= 11 is 6.38. The summed E-state index contributed by atoms with van der Waals surface area (Å²) in [6.45, 7) is 0. The van der Waals surface area contributed by atoms with E-state index in [2.05, 4.69) is 31.9 Å². The van der Waals surface area contributed by atoms with Gasteiger partial charge in [0, 0.05) is 16.1 Å². The van der Waals surface area contributed by atoms with Crippen LogP contribution in [0.1, 0.15) is 15.9 Å². The lowest BCUT2D eigenvalue weighted by Crippen LogP contribution is -2.04. The smallest absolute Gasteiger partial charge is 0.196 e. The predicted molar refractivity (Wildman–Crippen MR) is 78.2 cm³/mol. The fourth-order valence-electron chi connectivity index (χ4n) is 1.63. The summed E-state index contributed by atoms with van der Waals surface area (Å²) in [6, 6.07) is 9.57. The monoisotopic (exact) mass is 386 g/mol. The molecule has 2 aromatic carbocycles. The minimum Gasteiger partial charge on any atom is -0.496 e. The highest BCUT2D eigenvalue weighted by molar-refractivity contribution is 9.10. The van der Waals surface area contributed by atoms with E-state index in [0.717, 1.165) is 4.47 Å². The van der Waals surface area contributed by atoms with Crippen LogP contribution in [0.5, 0.6) is 5.75 Å². The van der Waals surface area contributed by atoms with Crippen molar-refractivity contribution in [3.8, 4) is 5.75 Å². The number of halogens is 3. The van der Waals surface area contributed by atoms with E-state index in [1.165, 1.54) is 19.2 Å². The summed E-state index contributed by atoms with van der Waals surface area (Å²) in [4.78, 5) is 12.4. The number of carbonyl (C=O) groups excluding carboxylic acids is 1. The molecule has 0 aliphatic rings. The SMILES string of the molecule is COc1cc(F)c(Br)cc1C(=O)c1ccc(Br)cc1. The quantitative estimate of drug-likeness (QED) is 0.720. The lowest BCUT2D eigenvalue weighted by molar-refractivity contribution is 0.103. The number of hydrogen-bond donors (Lipinski definition) is 0. The average molecular weight is 388 g/mol. The third-order valence-electron chi connectivity index (χ3n) is 2.59. The highest BCUT2D eigenvalue weighted by Gasteiger charge is 2.17. The number of ketones is 1. The third kappa shape index (κ3) is 3.04. The summed E-state index contributed by atoms with van der Waals surface area (Å²) in [7, 11) is 1.40. The first-order valence-electron chi connectivity index (χ1n) is 5.36. The Morgan fingerprint density at radius 1 is 1.16 bits per heavy atom. The van der Waals surface area contributed by atoms with Crippen molar-refractivity contribution in [2.75, 3.05) is 7.11 Å². The molecule has 0 saturated carbocycles. The fourth-order valence-corrected chi connectivity index (χ4v) is 2.24. The molecule has 98 valence electrons. The van der Waals surface area contributed by atoms with Crippen LogP contribution < -0.4 is 4.74 Å². The third-order valence-corrected chi connectivity index (χ3v) is 3.73. The molecule has 0 heterocycles. The van der Waals surface area contributed by atoms with Crippen molar-refractivity contribution in [3.63, 3.8) is 0 Å². The molecule has 0 amide bonds. The summed E-state index contributed by atoms with van der Waals surface area (Å²) < 4.78 is 19.6. The molecule has 0 radical (unpaired) electrons. The zero-order valence-electron chi connectivity index (χ0n) is 9.91. The summed E-state index contributed by atoms with van der Waals surface area (Å²) in [6.07, 6.45) is 0. The van der Waals surface area contributed by atoms with E-state index in [-0.39, 0.29) is 16.0 Å². The molecule has 19 heavy (non-hydrogen) atoms. The van der Waals surface area contributed by atoms with Crippen molar-refractivity contribution in [1.29, 1.82) is 0 Å². The highest BCUT2D eigenvalue weighted by atomic mass is 79.9. The highest BCUT2D eigenvalue weighted by Crippen LogP contribution is 2.28. The second-order valence-electron chi connectivity index (χ2n) is 3.80. The summed E-state index contributed by atoms with van der Waals surface area (Å²) in [5, 5.41) is 0. The zero-order valence-corrected chi connectivity index (χ0v) is 13.1. The Morgan fingerprint density at radius 3 is 2.37 bits per heavy atom. The molecule has 0 bridgehead atoms. The molecule has 0 fully saturated rings. The lowest BCUT2D eigenvalue weighted by atomic mass is 10.0. The Balaban J connectivity index is 2.49. The number of benzene rings is 2. The molecule has 2 rings (SSSR count). The summed E-state index contributed by atoms with van der Waals surface area (Å²) in [5.41, 5.74) is 0.832. The molecule has 0 aromatic heterocycles. The van der Waals surface area contributed by atoms with Crippen LogP contribution in [0, 0.1) is 5.82 Å². The van der Waals surface area contributed by atoms with Crippen LogP contribution in [-0.4, -0.2) is 12.9 Å². The Hall–Kier alpha value is -1.20. The maximum atomic E-state index is 13.4. The number of rotatable bonds is 3. The Morgan fingerprint density at radius 2 is 1.79 bits per heavy atom. The fraction of sp³-hybridized carbons (Fsp3) is 0.0714. The maximum absolute atomic E-state index is 13.4. The normalized spacial score (nSPS) is 10.3.